The minimum absolute atomic E-state index is 0.0424. The minimum atomic E-state index is -1.19. The van der Waals surface area contributed by atoms with E-state index in [1.165, 1.54) is 12.1 Å². The predicted molar refractivity (Wildman–Crippen MR) is 178 cm³/mol. The van der Waals surface area contributed by atoms with Crippen LogP contribution in [0, 0.1) is 0 Å². The van der Waals surface area contributed by atoms with Gasteiger partial charge in [-0.2, -0.15) is 0 Å². The van der Waals surface area contributed by atoms with E-state index in [2.05, 4.69) is 10.2 Å². The maximum Gasteiger partial charge on any atom is 0.410 e. The second-order valence-corrected chi connectivity index (χ2v) is 13.3. The number of benzene rings is 2. The lowest BCUT2D eigenvalue weighted by molar-refractivity contribution is -0.143. The molecule has 4 aliphatic rings. The molecule has 3 saturated heterocycles. The summed E-state index contributed by atoms with van der Waals surface area (Å²) in [4.78, 5) is 60.1. The number of hydrogen-bond donors (Lipinski definition) is 3. The molecule has 0 spiro atoms. The molecule has 4 N–H and O–H groups in total. The van der Waals surface area contributed by atoms with Crippen LogP contribution in [0.15, 0.2) is 36.4 Å². The van der Waals surface area contributed by atoms with Gasteiger partial charge in [0.25, 0.3) is 11.8 Å². The summed E-state index contributed by atoms with van der Waals surface area (Å²) in [5, 5.41) is 13.2. The Bertz CT molecular complexity index is 1520. The molecule has 0 radical (unpaired) electrons. The van der Waals surface area contributed by atoms with E-state index in [4.69, 9.17) is 26.8 Å². The molecule has 0 saturated carbocycles. The summed E-state index contributed by atoms with van der Waals surface area (Å²) in [5.74, 6) is -1.65. The van der Waals surface area contributed by atoms with Gasteiger partial charge in [0.05, 0.1) is 10.6 Å². The number of halogens is 1. The molecule has 13 nitrogen and oxygen atoms in total. The standard InChI is InChI=1S/C34H43ClN6O7/c35-27-20-22(19-26(30(27)42)31(36)43)21-29(32(44)39-15-13-38(14-16-39)24-8-17-47-18-9-24)48-34(46)40-10-6-25(7-11-40)41-12-5-23-3-1-2-4-28(23)37-33(41)45/h1-4,19-20,24-25,29,42H,5-18,21H2,(H2,36,43)(H,37,45)/t29-/m1/s1. The molecule has 6 rings (SSSR count). The molecule has 258 valence electrons. The third kappa shape index (κ3) is 7.63. The van der Waals surface area contributed by atoms with Gasteiger partial charge in [0.1, 0.15) is 5.75 Å². The number of phenols is 1. The number of aromatic hydroxyl groups is 1. The van der Waals surface area contributed by atoms with E-state index in [-0.39, 0.29) is 35.0 Å². The Balaban J connectivity index is 1.11. The van der Waals surface area contributed by atoms with E-state index < -0.39 is 23.9 Å². The van der Waals surface area contributed by atoms with Crippen molar-refractivity contribution in [1.82, 2.24) is 19.6 Å². The first-order valence-corrected chi connectivity index (χ1v) is 17.1. The number of ether oxygens (including phenoxy) is 2. The highest BCUT2D eigenvalue weighted by Gasteiger charge is 2.36. The fourth-order valence-corrected chi connectivity index (χ4v) is 7.45. The Hall–Kier alpha value is -4.07. The van der Waals surface area contributed by atoms with Crippen LogP contribution in [0.1, 0.15) is 47.2 Å². The Labute approximate surface area is 284 Å². The largest absolute Gasteiger partial charge is 0.506 e. The van der Waals surface area contributed by atoms with Crippen LogP contribution in [-0.2, 0) is 27.1 Å². The fraction of sp³-hybridized carbons (Fsp3) is 0.529. The number of nitrogens with zero attached hydrogens (tertiary/aromatic N) is 4. The summed E-state index contributed by atoms with van der Waals surface area (Å²) in [6.45, 7) is 5.16. The zero-order valence-corrected chi connectivity index (χ0v) is 27.7. The second kappa shape index (κ2) is 15.0. The van der Waals surface area contributed by atoms with E-state index in [1.54, 1.807) is 9.80 Å². The number of nitrogens with one attached hydrogen (secondary N) is 1. The van der Waals surface area contributed by atoms with Crippen molar-refractivity contribution in [2.24, 2.45) is 5.73 Å². The first-order valence-electron chi connectivity index (χ1n) is 16.7. The van der Waals surface area contributed by atoms with Gasteiger partial charge in [0.15, 0.2) is 6.10 Å². The maximum absolute atomic E-state index is 14.0. The molecule has 1 atom stereocenters. The average molecular weight is 683 g/mol. The van der Waals surface area contributed by atoms with Gasteiger partial charge in [0, 0.05) is 83.2 Å². The summed E-state index contributed by atoms with van der Waals surface area (Å²) >= 11 is 6.20. The SMILES string of the molecule is NC(=O)c1cc(C[C@@H](OC(=O)N2CCC(N3CCc4ccccc4NC3=O)CC2)C(=O)N2CCN(C3CCOCC3)CC2)cc(Cl)c1O. The van der Waals surface area contributed by atoms with Crippen molar-refractivity contribution in [3.05, 3.63) is 58.1 Å². The number of carbonyl (C=O) groups excluding carboxylic acids is 4. The monoisotopic (exact) mass is 682 g/mol. The van der Waals surface area contributed by atoms with Crippen molar-refractivity contribution < 1.29 is 33.8 Å². The summed E-state index contributed by atoms with van der Waals surface area (Å²) in [6.07, 6.45) is 1.93. The number of hydrogen-bond acceptors (Lipinski definition) is 8. The van der Waals surface area contributed by atoms with Crippen LogP contribution in [0.5, 0.6) is 5.75 Å². The van der Waals surface area contributed by atoms with E-state index in [0.29, 0.717) is 70.3 Å². The van der Waals surface area contributed by atoms with Gasteiger partial charge >= 0.3 is 12.1 Å². The summed E-state index contributed by atoms with van der Waals surface area (Å²) in [7, 11) is 0. The topological polar surface area (TPSA) is 158 Å². The summed E-state index contributed by atoms with van der Waals surface area (Å²) in [6, 6.07) is 10.8. The number of anilines is 1. The molecule has 0 unspecified atom stereocenters. The highest BCUT2D eigenvalue weighted by Crippen LogP contribution is 2.30. The van der Waals surface area contributed by atoms with Crippen molar-refractivity contribution in [3.63, 3.8) is 0 Å². The molecule has 48 heavy (non-hydrogen) atoms. The summed E-state index contributed by atoms with van der Waals surface area (Å²) in [5.41, 5.74) is 7.61. The quantitative estimate of drug-likeness (QED) is 0.402. The van der Waals surface area contributed by atoms with Crippen LogP contribution in [0.3, 0.4) is 0 Å². The van der Waals surface area contributed by atoms with Gasteiger partial charge in [-0.1, -0.05) is 29.8 Å². The predicted octanol–water partition coefficient (Wildman–Crippen LogP) is 3.07. The molecular formula is C34H43ClN6O7. The number of nitrogens with two attached hydrogens (primary N) is 1. The lowest BCUT2D eigenvalue weighted by Gasteiger charge is -2.41. The highest BCUT2D eigenvalue weighted by atomic mass is 35.5. The maximum atomic E-state index is 14.0. The Kier molecular flexibility index (Phi) is 10.6. The van der Waals surface area contributed by atoms with E-state index >= 15 is 0 Å². The molecule has 3 fully saturated rings. The zero-order valence-electron chi connectivity index (χ0n) is 26.9. The van der Waals surface area contributed by atoms with E-state index in [9.17, 15) is 24.3 Å². The molecule has 0 aliphatic carbocycles. The molecule has 14 heteroatoms. The molecule has 4 aliphatic heterocycles. The van der Waals surface area contributed by atoms with Crippen molar-refractivity contribution in [1.29, 1.82) is 0 Å². The Morgan fingerprint density at radius 3 is 2.38 bits per heavy atom. The third-order valence-corrected chi connectivity index (χ3v) is 10.3. The number of piperidine rings is 1. The zero-order chi connectivity index (χ0) is 33.8. The molecular weight excluding hydrogens is 640 g/mol. The Morgan fingerprint density at radius 2 is 1.67 bits per heavy atom. The smallest absolute Gasteiger partial charge is 0.410 e. The highest BCUT2D eigenvalue weighted by molar-refractivity contribution is 6.32. The number of amides is 5. The van der Waals surface area contributed by atoms with E-state index in [1.807, 2.05) is 29.2 Å². The molecule has 0 bridgehead atoms. The van der Waals surface area contributed by atoms with E-state index in [0.717, 1.165) is 43.7 Å². The van der Waals surface area contributed by atoms with Gasteiger partial charge in [-0.05, 0) is 61.4 Å². The number of likely N-dealkylation sites (tertiary alicyclic amines) is 1. The molecule has 5 amide bonds. The van der Waals surface area contributed by atoms with Crippen LogP contribution in [0.2, 0.25) is 5.02 Å². The van der Waals surface area contributed by atoms with Gasteiger partial charge in [0.2, 0.25) is 0 Å². The first-order chi connectivity index (χ1) is 23.2. The van der Waals surface area contributed by atoms with Crippen LogP contribution in [0.25, 0.3) is 0 Å². The number of carbonyl (C=O) groups is 4. The van der Waals surface area contributed by atoms with Crippen LogP contribution in [-0.4, -0.2) is 126 Å². The number of fused-ring (bicyclic) bond motifs is 1. The number of para-hydroxylation sites is 1. The van der Waals surface area contributed by atoms with Crippen LogP contribution < -0.4 is 11.1 Å². The van der Waals surface area contributed by atoms with Gasteiger partial charge in [-0.25, -0.2) is 9.59 Å². The molecule has 2 aromatic rings. The Morgan fingerprint density at radius 1 is 0.958 bits per heavy atom. The lowest BCUT2D eigenvalue weighted by Crippen LogP contribution is -2.56. The third-order valence-electron chi connectivity index (χ3n) is 9.97. The second-order valence-electron chi connectivity index (χ2n) is 12.9. The average Bonchev–Trinajstić information content (AvgIpc) is 3.27. The fourth-order valence-electron chi connectivity index (χ4n) is 7.21. The molecule has 4 heterocycles. The van der Waals surface area contributed by atoms with Crippen molar-refractivity contribution in [3.8, 4) is 5.75 Å². The van der Waals surface area contributed by atoms with Gasteiger partial charge < -0.3 is 40.3 Å². The van der Waals surface area contributed by atoms with Crippen molar-refractivity contribution in [2.75, 3.05) is 64.3 Å². The lowest BCUT2D eigenvalue weighted by atomic mass is 10.0. The van der Waals surface area contributed by atoms with Crippen molar-refractivity contribution >= 4 is 41.2 Å². The summed E-state index contributed by atoms with van der Waals surface area (Å²) < 4.78 is 11.4. The normalized spacial score (nSPS) is 20.4. The van der Waals surface area contributed by atoms with Gasteiger partial charge in [-0.15, -0.1) is 0 Å². The number of rotatable bonds is 7. The number of urea groups is 1. The first kappa shape index (κ1) is 33.8. The number of piperazine rings is 1. The van der Waals surface area contributed by atoms with Crippen LogP contribution in [0.4, 0.5) is 15.3 Å². The number of primary amides is 1. The molecule has 0 aromatic heterocycles. The van der Waals surface area contributed by atoms with Crippen molar-refractivity contribution in [2.45, 2.75) is 56.7 Å². The minimum Gasteiger partial charge on any atom is -0.506 e. The molecule has 2 aromatic carbocycles. The van der Waals surface area contributed by atoms with Crippen LogP contribution >= 0.6 is 11.6 Å². The van der Waals surface area contributed by atoms with Gasteiger partial charge in [-0.3, -0.25) is 14.5 Å².